The number of hydrogen-bond acceptors (Lipinski definition) is 5. The van der Waals surface area contributed by atoms with Crippen LogP contribution in [0.2, 0.25) is 0 Å². The molecule has 0 aromatic carbocycles. The van der Waals surface area contributed by atoms with Gasteiger partial charge >= 0.3 is 0 Å². The Morgan fingerprint density at radius 1 is 0.826 bits per heavy atom. The van der Waals surface area contributed by atoms with Gasteiger partial charge in [-0.05, 0) is 52.0 Å². The molecular formula is C18H22N4O. The molecule has 0 saturated heterocycles. The van der Waals surface area contributed by atoms with E-state index in [4.69, 9.17) is 4.74 Å². The second-order valence-corrected chi connectivity index (χ2v) is 5.38. The van der Waals surface area contributed by atoms with E-state index >= 15 is 0 Å². The third kappa shape index (κ3) is 6.08. The number of aryl methyl sites for hydroxylation is 2. The lowest BCUT2D eigenvalue weighted by atomic mass is 10.3. The summed E-state index contributed by atoms with van der Waals surface area (Å²) >= 11 is 0. The zero-order valence-corrected chi connectivity index (χ0v) is 14.0. The van der Waals surface area contributed by atoms with Crippen LogP contribution in [0.25, 0.3) is 0 Å². The van der Waals surface area contributed by atoms with E-state index in [-0.39, 0.29) is 12.2 Å². The van der Waals surface area contributed by atoms with Gasteiger partial charge < -0.3 is 4.74 Å². The predicted octanol–water partition coefficient (Wildman–Crippen LogP) is 3.99. The molecular weight excluding hydrogens is 288 g/mol. The first-order valence-electron chi connectivity index (χ1n) is 7.64. The van der Waals surface area contributed by atoms with Gasteiger partial charge in [-0.3, -0.25) is 0 Å². The van der Waals surface area contributed by atoms with E-state index in [9.17, 15) is 0 Å². The fraction of sp³-hybridized carbons (Fsp3) is 0.333. The second-order valence-electron chi connectivity index (χ2n) is 5.38. The fourth-order valence-electron chi connectivity index (χ4n) is 1.97. The summed E-state index contributed by atoms with van der Waals surface area (Å²) in [5, 5.41) is 0. The number of rotatable bonds is 6. The number of aromatic nitrogens is 2. The quantitative estimate of drug-likeness (QED) is 0.758. The first-order chi connectivity index (χ1) is 11.0. The summed E-state index contributed by atoms with van der Waals surface area (Å²) in [7, 11) is 0. The van der Waals surface area contributed by atoms with Crippen molar-refractivity contribution in [3.8, 4) is 0 Å². The highest BCUT2D eigenvalue weighted by Crippen LogP contribution is 2.09. The Balaban J connectivity index is 1.88. The molecule has 2 rings (SSSR count). The molecule has 5 nitrogen and oxygen atoms in total. The highest BCUT2D eigenvalue weighted by atomic mass is 16.5. The molecule has 0 amide bonds. The molecule has 2 aromatic heterocycles. The Morgan fingerprint density at radius 2 is 1.26 bits per heavy atom. The van der Waals surface area contributed by atoms with Gasteiger partial charge in [0.05, 0.1) is 12.2 Å². The number of ether oxygens (including phenoxy) is 1. The van der Waals surface area contributed by atoms with Gasteiger partial charge in [-0.2, -0.15) is 0 Å². The van der Waals surface area contributed by atoms with E-state index in [2.05, 4.69) is 20.0 Å². The largest absolute Gasteiger partial charge is 0.364 e. The van der Waals surface area contributed by atoms with E-state index in [1.165, 1.54) is 0 Å². The Labute approximate surface area is 137 Å². The van der Waals surface area contributed by atoms with Gasteiger partial charge in [0.15, 0.2) is 11.6 Å². The van der Waals surface area contributed by atoms with Crippen LogP contribution in [-0.2, 0) is 4.74 Å². The molecule has 0 fully saturated rings. The van der Waals surface area contributed by atoms with Crippen molar-refractivity contribution in [2.75, 3.05) is 0 Å². The number of aliphatic imine (C=N–C) groups is 2. The van der Waals surface area contributed by atoms with Crippen LogP contribution in [0.15, 0.2) is 46.4 Å². The summed E-state index contributed by atoms with van der Waals surface area (Å²) < 4.78 is 5.80. The van der Waals surface area contributed by atoms with Crippen molar-refractivity contribution in [3.05, 3.63) is 47.8 Å². The summed E-state index contributed by atoms with van der Waals surface area (Å²) in [5.41, 5.74) is 1.89. The van der Waals surface area contributed by atoms with Crippen LogP contribution in [0.3, 0.4) is 0 Å². The van der Waals surface area contributed by atoms with Gasteiger partial charge in [0.1, 0.15) is 0 Å². The molecule has 2 heterocycles. The lowest BCUT2D eigenvalue weighted by Crippen LogP contribution is -2.19. The van der Waals surface area contributed by atoms with Crippen LogP contribution in [0, 0.1) is 13.8 Å². The SMILES string of the molecule is Cc1cccc(N=CC(C)OC(C)C=Nc2cccc(C)n2)n1. The molecule has 0 spiro atoms. The molecule has 2 atom stereocenters. The second kappa shape index (κ2) is 8.29. The monoisotopic (exact) mass is 310 g/mol. The van der Waals surface area contributed by atoms with E-state index in [1.807, 2.05) is 64.1 Å². The van der Waals surface area contributed by atoms with Crippen molar-refractivity contribution < 1.29 is 4.74 Å². The van der Waals surface area contributed by atoms with Crippen LogP contribution in [0.4, 0.5) is 11.6 Å². The average molecular weight is 310 g/mol. The molecule has 0 aliphatic heterocycles. The first-order valence-corrected chi connectivity index (χ1v) is 7.64. The van der Waals surface area contributed by atoms with Gasteiger partial charge in [-0.25, -0.2) is 20.0 Å². The normalized spacial score (nSPS) is 14.4. The molecule has 0 radical (unpaired) electrons. The van der Waals surface area contributed by atoms with Crippen molar-refractivity contribution >= 4 is 24.1 Å². The Bertz CT molecular complexity index is 637. The summed E-state index contributed by atoms with van der Waals surface area (Å²) in [5.74, 6) is 1.37. The third-order valence-electron chi connectivity index (χ3n) is 3.01. The van der Waals surface area contributed by atoms with Crippen molar-refractivity contribution in [2.45, 2.75) is 39.9 Å². The van der Waals surface area contributed by atoms with Crippen molar-refractivity contribution in [1.82, 2.24) is 9.97 Å². The molecule has 23 heavy (non-hydrogen) atoms. The van der Waals surface area contributed by atoms with Crippen LogP contribution in [-0.4, -0.2) is 34.6 Å². The standard InChI is InChI=1S/C18H22N4O/c1-13-7-5-9-17(21-13)19-11-15(3)23-16(4)12-20-18-10-6-8-14(2)22-18/h5-12,15-16H,1-4H3. The topological polar surface area (TPSA) is 59.7 Å². The lowest BCUT2D eigenvalue weighted by Gasteiger charge is -2.12. The van der Waals surface area contributed by atoms with Gasteiger partial charge in [-0.1, -0.05) is 12.1 Å². The summed E-state index contributed by atoms with van der Waals surface area (Å²) in [6, 6.07) is 11.5. The van der Waals surface area contributed by atoms with E-state index in [1.54, 1.807) is 12.4 Å². The molecule has 0 aliphatic rings. The number of pyridine rings is 2. The maximum absolute atomic E-state index is 5.80. The first kappa shape index (κ1) is 17.0. The van der Waals surface area contributed by atoms with Crippen LogP contribution in [0.1, 0.15) is 25.2 Å². The summed E-state index contributed by atoms with van der Waals surface area (Å²) in [4.78, 5) is 17.3. The van der Waals surface area contributed by atoms with Crippen LogP contribution < -0.4 is 0 Å². The summed E-state index contributed by atoms with van der Waals surface area (Å²) in [6.07, 6.45) is 3.22. The Morgan fingerprint density at radius 3 is 1.65 bits per heavy atom. The maximum atomic E-state index is 5.80. The molecule has 2 aromatic rings. The van der Waals surface area contributed by atoms with Gasteiger partial charge in [0.2, 0.25) is 0 Å². The molecule has 0 bridgehead atoms. The van der Waals surface area contributed by atoms with Crippen molar-refractivity contribution in [3.63, 3.8) is 0 Å². The molecule has 2 unspecified atom stereocenters. The van der Waals surface area contributed by atoms with Crippen molar-refractivity contribution in [2.24, 2.45) is 9.98 Å². The predicted molar refractivity (Wildman–Crippen MR) is 94.3 cm³/mol. The minimum atomic E-state index is -0.135. The lowest BCUT2D eigenvalue weighted by molar-refractivity contribution is 0.0916. The minimum Gasteiger partial charge on any atom is -0.364 e. The molecule has 5 heteroatoms. The van der Waals surface area contributed by atoms with E-state index in [0.29, 0.717) is 11.6 Å². The van der Waals surface area contributed by atoms with E-state index < -0.39 is 0 Å². The molecule has 0 N–H and O–H groups in total. The third-order valence-corrected chi connectivity index (χ3v) is 3.01. The Hall–Kier alpha value is -2.40. The highest BCUT2D eigenvalue weighted by molar-refractivity contribution is 5.69. The molecule has 0 aliphatic carbocycles. The average Bonchev–Trinajstić information content (AvgIpc) is 2.51. The number of hydrogen-bond donors (Lipinski definition) is 0. The zero-order valence-electron chi connectivity index (χ0n) is 14.0. The Kier molecular flexibility index (Phi) is 6.11. The van der Waals surface area contributed by atoms with Crippen LogP contribution >= 0.6 is 0 Å². The van der Waals surface area contributed by atoms with E-state index in [0.717, 1.165) is 11.4 Å². The smallest absolute Gasteiger partial charge is 0.151 e. The van der Waals surface area contributed by atoms with Gasteiger partial charge in [-0.15, -0.1) is 0 Å². The summed E-state index contributed by atoms with van der Waals surface area (Å²) in [6.45, 7) is 7.76. The van der Waals surface area contributed by atoms with Gasteiger partial charge in [0.25, 0.3) is 0 Å². The molecule has 120 valence electrons. The maximum Gasteiger partial charge on any atom is 0.151 e. The van der Waals surface area contributed by atoms with Crippen LogP contribution in [0.5, 0.6) is 0 Å². The van der Waals surface area contributed by atoms with Crippen molar-refractivity contribution in [1.29, 1.82) is 0 Å². The van der Waals surface area contributed by atoms with Gasteiger partial charge in [0, 0.05) is 23.8 Å². The number of nitrogens with zero attached hydrogens (tertiary/aromatic N) is 4. The molecule has 0 saturated carbocycles. The fourth-order valence-corrected chi connectivity index (χ4v) is 1.97. The highest BCUT2D eigenvalue weighted by Gasteiger charge is 2.04. The minimum absolute atomic E-state index is 0.135. The zero-order chi connectivity index (χ0) is 16.7.